The van der Waals surface area contributed by atoms with Gasteiger partial charge >= 0.3 is 0 Å². The van der Waals surface area contributed by atoms with Crippen LogP contribution in [-0.4, -0.2) is 30.0 Å². The minimum Gasteiger partial charge on any atom is -0.371 e. The molecule has 1 saturated heterocycles. The summed E-state index contributed by atoms with van der Waals surface area (Å²) in [5, 5.41) is 7.40. The summed E-state index contributed by atoms with van der Waals surface area (Å²) < 4.78 is 11.0. The summed E-state index contributed by atoms with van der Waals surface area (Å²) in [6.07, 6.45) is 2.86. The van der Waals surface area contributed by atoms with Crippen molar-refractivity contribution in [3.8, 4) is 0 Å². The van der Waals surface area contributed by atoms with Crippen molar-refractivity contribution in [2.24, 2.45) is 0 Å². The first-order valence-electron chi connectivity index (χ1n) is 5.85. The highest BCUT2D eigenvalue weighted by atomic mass is 16.5. The predicted octanol–water partition coefficient (Wildman–Crippen LogP) is 1.94. The fourth-order valence-corrected chi connectivity index (χ4v) is 2.16. The third kappa shape index (κ3) is 2.83. The maximum atomic E-state index is 6.07. The van der Waals surface area contributed by atoms with Gasteiger partial charge in [0.05, 0.1) is 17.4 Å². The molecule has 1 fully saturated rings. The van der Waals surface area contributed by atoms with Crippen LogP contribution in [0.15, 0.2) is 16.9 Å². The van der Waals surface area contributed by atoms with Crippen molar-refractivity contribution in [1.82, 2.24) is 10.5 Å². The summed E-state index contributed by atoms with van der Waals surface area (Å²) in [4.78, 5) is 0. The number of ether oxygens (including phenoxy) is 1. The molecule has 16 heavy (non-hydrogen) atoms. The smallest absolute Gasteiger partial charge is 0.124 e. The highest BCUT2D eigenvalue weighted by molar-refractivity contribution is 5.09. The van der Waals surface area contributed by atoms with E-state index in [2.05, 4.69) is 31.2 Å². The van der Waals surface area contributed by atoms with E-state index in [0.29, 0.717) is 5.92 Å². The molecule has 0 aromatic carbocycles. The van der Waals surface area contributed by atoms with Crippen LogP contribution in [0.5, 0.6) is 0 Å². The van der Waals surface area contributed by atoms with Crippen molar-refractivity contribution in [2.45, 2.75) is 44.8 Å². The first-order valence-corrected chi connectivity index (χ1v) is 5.85. The van der Waals surface area contributed by atoms with Crippen molar-refractivity contribution < 1.29 is 9.26 Å². The van der Waals surface area contributed by atoms with Gasteiger partial charge in [-0.25, -0.2) is 0 Å². The van der Waals surface area contributed by atoms with Gasteiger partial charge in [0.25, 0.3) is 0 Å². The summed E-state index contributed by atoms with van der Waals surface area (Å²) in [6.45, 7) is 8.15. The third-order valence-electron chi connectivity index (χ3n) is 2.77. The molecule has 90 valence electrons. The molecule has 0 spiro atoms. The topological polar surface area (TPSA) is 47.3 Å². The first kappa shape index (κ1) is 11.6. The van der Waals surface area contributed by atoms with E-state index in [4.69, 9.17) is 9.26 Å². The van der Waals surface area contributed by atoms with Crippen LogP contribution >= 0.6 is 0 Å². The van der Waals surface area contributed by atoms with E-state index in [1.165, 1.54) is 0 Å². The van der Waals surface area contributed by atoms with Crippen molar-refractivity contribution in [1.29, 1.82) is 0 Å². The maximum absolute atomic E-state index is 6.07. The maximum Gasteiger partial charge on any atom is 0.124 e. The number of piperidine rings is 1. The van der Waals surface area contributed by atoms with Gasteiger partial charge in [0.1, 0.15) is 6.26 Å². The van der Waals surface area contributed by atoms with Crippen LogP contribution in [0, 0.1) is 0 Å². The Labute approximate surface area is 96.3 Å². The minimum absolute atomic E-state index is 0.119. The highest BCUT2D eigenvalue weighted by Crippen LogP contribution is 2.29. The zero-order valence-corrected chi connectivity index (χ0v) is 10.2. The van der Waals surface area contributed by atoms with Crippen molar-refractivity contribution in [3.05, 3.63) is 18.0 Å². The number of aromatic nitrogens is 1. The van der Waals surface area contributed by atoms with Gasteiger partial charge in [-0.1, -0.05) is 5.16 Å². The lowest BCUT2D eigenvalue weighted by molar-refractivity contribution is -0.0776. The Morgan fingerprint density at radius 2 is 2.31 bits per heavy atom. The van der Waals surface area contributed by atoms with E-state index in [1.54, 1.807) is 6.26 Å². The average molecular weight is 224 g/mol. The molecule has 4 nitrogen and oxygen atoms in total. The number of rotatable bonds is 2. The minimum atomic E-state index is -0.119. The van der Waals surface area contributed by atoms with Gasteiger partial charge in [0.2, 0.25) is 0 Å². The lowest BCUT2D eigenvalue weighted by Crippen LogP contribution is -2.44. The van der Waals surface area contributed by atoms with Crippen LogP contribution in [-0.2, 0) is 4.74 Å². The Morgan fingerprint density at radius 3 is 2.94 bits per heavy atom. The number of hydrogen-bond acceptors (Lipinski definition) is 4. The van der Waals surface area contributed by atoms with E-state index >= 15 is 0 Å². The van der Waals surface area contributed by atoms with Gasteiger partial charge in [-0.3, -0.25) is 0 Å². The average Bonchev–Trinajstić information content (AvgIpc) is 2.69. The fourth-order valence-electron chi connectivity index (χ4n) is 2.16. The molecular weight excluding hydrogens is 204 g/mol. The third-order valence-corrected chi connectivity index (χ3v) is 2.77. The van der Waals surface area contributed by atoms with E-state index in [1.807, 2.05) is 6.07 Å². The number of nitrogens with one attached hydrogen (secondary N) is 1. The Hall–Kier alpha value is -0.870. The lowest BCUT2D eigenvalue weighted by atomic mass is 9.91. The number of nitrogens with zero attached hydrogens (tertiary/aromatic N) is 1. The molecule has 0 radical (unpaired) electrons. The van der Waals surface area contributed by atoms with Gasteiger partial charge in [-0.05, 0) is 33.7 Å². The second-order valence-electron chi connectivity index (χ2n) is 5.29. The van der Waals surface area contributed by atoms with Gasteiger partial charge in [-0.15, -0.1) is 0 Å². The largest absolute Gasteiger partial charge is 0.371 e. The van der Waals surface area contributed by atoms with Crippen molar-refractivity contribution in [3.63, 3.8) is 0 Å². The van der Waals surface area contributed by atoms with Crippen LogP contribution in [0.2, 0.25) is 0 Å². The molecule has 1 aromatic rings. The van der Waals surface area contributed by atoms with Crippen LogP contribution in [0.3, 0.4) is 0 Å². The summed E-state index contributed by atoms with van der Waals surface area (Å²) >= 11 is 0. The van der Waals surface area contributed by atoms with E-state index < -0.39 is 0 Å². The van der Waals surface area contributed by atoms with Crippen molar-refractivity contribution in [2.75, 3.05) is 13.1 Å². The molecule has 1 unspecified atom stereocenters. The normalized spacial score (nSPS) is 26.9. The Kier molecular flexibility index (Phi) is 3.30. The molecule has 1 aliphatic rings. The molecule has 1 N–H and O–H groups in total. The molecule has 2 rings (SSSR count). The Morgan fingerprint density at radius 1 is 1.50 bits per heavy atom. The first-order chi connectivity index (χ1) is 7.56. The van der Waals surface area contributed by atoms with E-state index in [0.717, 1.165) is 25.2 Å². The molecular formula is C12H20N2O2. The van der Waals surface area contributed by atoms with E-state index in [9.17, 15) is 0 Å². The molecule has 0 amide bonds. The summed E-state index contributed by atoms with van der Waals surface area (Å²) in [5.41, 5.74) is 0.891. The molecule has 0 saturated carbocycles. The molecule has 0 bridgehead atoms. The summed E-state index contributed by atoms with van der Waals surface area (Å²) in [5.74, 6) is 0.347. The molecule has 2 heterocycles. The quantitative estimate of drug-likeness (QED) is 0.834. The molecule has 4 heteroatoms. The van der Waals surface area contributed by atoms with Crippen LogP contribution in [0.25, 0.3) is 0 Å². The Balaban J connectivity index is 2.08. The monoisotopic (exact) mass is 224 g/mol. The Bertz CT molecular complexity index is 316. The summed E-state index contributed by atoms with van der Waals surface area (Å²) in [6, 6.07) is 1.94. The van der Waals surface area contributed by atoms with Gasteiger partial charge in [0, 0.05) is 18.5 Å². The number of hydrogen-bond donors (Lipinski definition) is 1. The van der Waals surface area contributed by atoms with Crippen molar-refractivity contribution >= 4 is 0 Å². The highest BCUT2D eigenvalue weighted by Gasteiger charge is 2.31. The molecule has 1 aliphatic heterocycles. The molecule has 1 aromatic heterocycles. The van der Waals surface area contributed by atoms with Gasteiger partial charge in [-0.2, -0.15) is 0 Å². The lowest BCUT2D eigenvalue weighted by Gasteiger charge is -2.35. The van der Waals surface area contributed by atoms with Crippen LogP contribution < -0.4 is 5.32 Å². The second-order valence-corrected chi connectivity index (χ2v) is 5.29. The zero-order valence-electron chi connectivity index (χ0n) is 10.2. The molecule has 0 aliphatic carbocycles. The fraction of sp³-hybridized carbons (Fsp3) is 0.750. The predicted molar refractivity (Wildman–Crippen MR) is 61.4 cm³/mol. The van der Waals surface area contributed by atoms with Gasteiger partial charge in [0.15, 0.2) is 0 Å². The standard InChI is InChI=1S/C12H20N2O2/c1-12(2,3)16-11-8-13-6-4-9(11)10-5-7-15-14-10/h5,7,9,11,13H,4,6,8H2,1-3H3/t9?,11-/m1/s1. The molecule has 2 atom stereocenters. The van der Waals surface area contributed by atoms with Crippen LogP contribution in [0.1, 0.15) is 38.8 Å². The van der Waals surface area contributed by atoms with Gasteiger partial charge < -0.3 is 14.6 Å². The van der Waals surface area contributed by atoms with Crippen LogP contribution in [0.4, 0.5) is 0 Å². The van der Waals surface area contributed by atoms with E-state index in [-0.39, 0.29) is 11.7 Å². The summed E-state index contributed by atoms with van der Waals surface area (Å²) in [7, 11) is 0. The SMILES string of the molecule is CC(C)(C)O[C@@H]1CNCCC1c1ccon1. The second kappa shape index (κ2) is 4.55. The zero-order chi connectivity index (χ0) is 11.6.